The predicted octanol–water partition coefficient (Wildman–Crippen LogP) is 4.02. The fraction of sp³-hybridized carbons (Fsp3) is 0.593. The number of anilines is 2. The van der Waals surface area contributed by atoms with Crippen molar-refractivity contribution in [2.75, 3.05) is 17.3 Å². The van der Waals surface area contributed by atoms with Gasteiger partial charge >= 0.3 is 5.76 Å². The molecule has 4 aromatic heterocycles. The van der Waals surface area contributed by atoms with Crippen molar-refractivity contribution in [2.24, 2.45) is 17.8 Å². The van der Waals surface area contributed by atoms with Gasteiger partial charge in [-0.25, -0.2) is 24.7 Å². The van der Waals surface area contributed by atoms with Crippen molar-refractivity contribution in [3.8, 4) is 11.6 Å². The van der Waals surface area contributed by atoms with Crippen LogP contribution in [0, 0.1) is 17.8 Å². The first-order valence-electron chi connectivity index (χ1n) is 14.0. The maximum atomic E-state index is 11.7. The summed E-state index contributed by atoms with van der Waals surface area (Å²) < 4.78 is 7.03. The van der Waals surface area contributed by atoms with E-state index in [-0.39, 0.29) is 17.7 Å². The highest BCUT2D eigenvalue weighted by molar-refractivity contribution is 5.87. The lowest BCUT2D eigenvalue weighted by Crippen LogP contribution is -2.31. The van der Waals surface area contributed by atoms with E-state index in [9.17, 15) is 4.79 Å². The van der Waals surface area contributed by atoms with Gasteiger partial charge in [-0.2, -0.15) is 4.98 Å². The van der Waals surface area contributed by atoms with Gasteiger partial charge in [0.15, 0.2) is 11.5 Å². The fourth-order valence-corrected chi connectivity index (χ4v) is 5.79. The number of fused-ring (bicyclic) bond motifs is 1. The Morgan fingerprint density at radius 2 is 2.00 bits per heavy atom. The highest BCUT2D eigenvalue weighted by Crippen LogP contribution is 2.36. The molecule has 6 rings (SSSR count). The van der Waals surface area contributed by atoms with Gasteiger partial charge in [0.05, 0.1) is 12.2 Å². The van der Waals surface area contributed by atoms with E-state index < -0.39 is 5.76 Å². The number of imidazole rings is 1. The van der Waals surface area contributed by atoms with Crippen LogP contribution in [0.4, 0.5) is 11.8 Å². The Labute approximate surface area is 226 Å². The molecule has 2 aliphatic rings. The van der Waals surface area contributed by atoms with Crippen LogP contribution in [0.1, 0.15) is 64.5 Å². The third kappa shape index (κ3) is 5.37. The molecule has 0 amide bonds. The van der Waals surface area contributed by atoms with Crippen molar-refractivity contribution in [2.45, 2.75) is 77.9 Å². The van der Waals surface area contributed by atoms with Crippen molar-refractivity contribution >= 4 is 22.9 Å². The number of rotatable bonds is 9. The Kier molecular flexibility index (Phi) is 7.01. The summed E-state index contributed by atoms with van der Waals surface area (Å²) in [4.78, 5) is 39.5. The van der Waals surface area contributed by atoms with Gasteiger partial charge in [-0.15, -0.1) is 0 Å². The summed E-state index contributed by atoms with van der Waals surface area (Å²) in [6.07, 6.45) is 11.9. The SMILES string of the molecule is C[C@@H](Nc1nc(-c2noc(=O)[nH]2)nc2nc(N(C)Cc3ccncn3)n(C[C@H]3CC[C@H](C)CC3)c12)C1CCC1. The van der Waals surface area contributed by atoms with Gasteiger partial charge in [-0.3, -0.25) is 9.51 Å². The number of aromatic amines is 1. The molecule has 206 valence electrons. The minimum Gasteiger partial charge on any atom is -0.365 e. The molecule has 4 heterocycles. The predicted molar refractivity (Wildman–Crippen MR) is 147 cm³/mol. The van der Waals surface area contributed by atoms with Crippen LogP contribution in [0.3, 0.4) is 0 Å². The van der Waals surface area contributed by atoms with Crippen LogP contribution in [0.2, 0.25) is 0 Å². The highest BCUT2D eigenvalue weighted by Gasteiger charge is 2.29. The molecular weight excluding hydrogens is 496 g/mol. The Bertz CT molecular complexity index is 1470. The number of aromatic nitrogens is 8. The summed E-state index contributed by atoms with van der Waals surface area (Å²) >= 11 is 0. The largest absolute Gasteiger partial charge is 0.439 e. The van der Waals surface area contributed by atoms with Crippen LogP contribution in [-0.4, -0.2) is 52.7 Å². The third-order valence-corrected chi connectivity index (χ3v) is 8.42. The van der Waals surface area contributed by atoms with Crippen molar-refractivity contribution in [3.63, 3.8) is 0 Å². The summed E-state index contributed by atoms with van der Waals surface area (Å²) in [5.74, 6) is 3.25. The van der Waals surface area contributed by atoms with E-state index in [2.05, 4.69) is 48.7 Å². The molecule has 0 unspecified atom stereocenters. The minimum atomic E-state index is -0.645. The van der Waals surface area contributed by atoms with Crippen molar-refractivity contribution in [1.82, 2.24) is 39.6 Å². The van der Waals surface area contributed by atoms with E-state index in [0.29, 0.717) is 29.8 Å². The zero-order valence-corrected chi connectivity index (χ0v) is 22.8. The number of hydrogen-bond acceptors (Lipinski definition) is 10. The number of hydrogen-bond donors (Lipinski definition) is 2. The number of nitrogens with one attached hydrogen (secondary N) is 2. The summed E-state index contributed by atoms with van der Waals surface area (Å²) in [6.45, 7) is 5.96. The smallest absolute Gasteiger partial charge is 0.365 e. The standard InChI is InChI=1S/C27H36N10O2/c1-16-7-9-18(10-8-16)13-37-21-22(30-17(2)19-5-4-6-19)31-24(25-34-27(38)39-35-25)32-23(21)33-26(37)36(3)14-20-11-12-28-15-29-20/h11-12,15-19H,4-10,13-14H2,1-3H3,(H,30,31,32)(H,34,35,38)/t16-,17-,18-/m1/s1. The van der Waals surface area contributed by atoms with Crippen LogP contribution in [0.5, 0.6) is 0 Å². The Balaban J connectivity index is 1.46. The first-order chi connectivity index (χ1) is 18.9. The molecule has 0 saturated heterocycles. The van der Waals surface area contributed by atoms with Crippen LogP contribution >= 0.6 is 0 Å². The summed E-state index contributed by atoms with van der Waals surface area (Å²) in [6, 6.07) is 2.15. The molecule has 39 heavy (non-hydrogen) atoms. The second-order valence-corrected chi connectivity index (χ2v) is 11.3. The average molecular weight is 533 g/mol. The molecule has 12 heteroatoms. The van der Waals surface area contributed by atoms with Crippen LogP contribution in [-0.2, 0) is 13.1 Å². The van der Waals surface area contributed by atoms with Crippen molar-refractivity contribution < 1.29 is 4.52 Å². The lowest BCUT2D eigenvalue weighted by molar-refractivity contribution is 0.267. The molecule has 0 spiro atoms. The maximum absolute atomic E-state index is 11.7. The first kappa shape index (κ1) is 25.4. The van der Waals surface area contributed by atoms with E-state index in [4.69, 9.17) is 19.5 Å². The molecule has 0 aliphatic heterocycles. The number of H-pyrrole nitrogens is 1. The van der Waals surface area contributed by atoms with Crippen molar-refractivity contribution in [3.05, 3.63) is 34.8 Å². The van der Waals surface area contributed by atoms with E-state index in [1.807, 2.05) is 13.1 Å². The van der Waals surface area contributed by atoms with Crippen LogP contribution < -0.4 is 16.0 Å². The lowest BCUT2D eigenvalue weighted by Gasteiger charge is -2.32. The van der Waals surface area contributed by atoms with Gasteiger partial charge in [0.2, 0.25) is 17.6 Å². The molecule has 2 saturated carbocycles. The molecule has 12 nitrogen and oxygen atoms in total. The van der Waals surface area contributed by atoms with Gasteiger partial charge in [0.1, 0.15) is 11.8 Å². The normalized spacial score (nSPS) is 20.6. The quantitative estimate of drug-likeness (QED) is 0.324. The Morgan fingerprint density at radius 1 is 1.18 bits per heavy atom. The van der Waals surface area contributed by atoms with E-state index >= 15 is 0 Å². The first-order valence-corrected chi connectivity index (χ1v) is 14.0. The molecule has 0 aromatic carbocycles. The molecule has 1 atom stereocenters. The molecule has 4 aromatic rings. The summed E-state index contributed by atoms with van der Waals surface area (Å²) in [7, 11) is 2.02. The maximum Gasteiger partial charge on any atom is 0.439 e. The van der Waals surface area contributed by atoms with Gasteiger partial charge in [0, 0.05) is 25.8 Å². The lowest BCUT2D eigenvalue weighted by atomic mass is 9.80. The second kappa shape index (κ2) is 10.7. The molecule has 2 fully saturated rings. The van der Waals surface area contributed by atoms with Crippen LogP contribution in [0.15, 0.2) is 27.9 Å². The zero-order chi connectivity index (χ0) is 26.9. The van der Waals surface area contributed by atoms with Crippen LogP contribution in [0.25, 0.3) is 22.8 Å². The molecular formula is C27H36N10O2. The van der Waals surface area contributed by atoms with E-state index in [0.717, 1.165) is 29.6 Å². The molecule has 2 aliphatic carbocycles. The third-order valence-electron chi connectivity index (χ3n) is 8.42. The van der Waals surface area contributed by atoms with Crippen molar-refractivity contribution in [1.29, 1.82) is 0 Å². The monoisotopic (exact) mass is 532 g/mol. The van der Waals surface area contributed by atoms with E-state index in [1.54, 1.807) is 12.5 Å². The number of nitrogens with zero attached hydrogens (tertiary/aromatic N) is 8. The Morgan fingerprint density at radius 3 is 2.67 bits per heavy atom. The minimum absolute atomic E-state index is 0.188. The zero-order valence-electron chi connectivity index (χ0n) is 22.8. The summed E-state index contributed by atoms with van der Waals surface area (Å²) in [5, 5.41) is 7.53. The topological polar surface area (TPSA) is 144 Å². The average Bonchev–Trinajstić information content (AvgIpc) is 3.49. The van der Waals surface area contributed by atoms with Gasteiger partial charge in [-0.05, 0) is 56.4 Å². The fourth-order valence-electron chi connectivity index (χ4n) is 5.79. The molecule has 0 bridgehead atoms. The van der Waals surface area contributed by atoms with Gasteiger partial charge in [0.25, 0.3) is 0 Å². The Hall–Kier alpha value is -3.83. The van der Waals surface area contributed by atoms with Gasteiger partial charge < -0.3 is 14.8 Å². The van der Waals surface area contributed by atoms with E-state index in [1.165, 1.54) is 44.9 Å². The van der Waals surface area contributed by atoms with Gasteiger partial charge in [-0.1, -0.05) is 31.3 Å². The summed E-state index contributed by atoms with van der Waals surface area (Å²) in [5.41, 5.74) is 2.33. The highest BCUT2D eigenvalue weighted by atomic mass is 16.5. The second-order valence-electron chi connectivity index (χ2n) is 11.3. The molecule has 0 radical (unpaired) electrons. The molecule has 2 N–H and O–H groups in total.